The van der Waals surface area contributed by atoms with Crippen molar-refractivity contribution < 1.29 is 18.2 Å². The highest BCUT2D eigenvalue weighted by Gasteiger charge is 2.39. The maximum absolute atomic E-state index is 13.1. The molecule has 2 aromatic rings. The second kappa shape index (κ2) is 6.35. The molecular formula is C13H15F2IN6O2. The number of aromatic nitrogens is 3. The Labute approximate surface area is 149 Å². The second-order valence-corrected chi connectivity index (χ2v) is 6.95. The zero-order valence-corrected chi connectivity index (χ0v) is 15.0. The van der Waals surface area contributed by atoms with Crippen molar-refractivity contribution in [3.8, 4) is 0 Å². The largest absolute Gasteiger partial charge is 0.396 e. The topological polar surface area (TPSA) is 101 Å². The summed E-state index contributed by atoms with van der Waals surface area (Å²) < 4.78 is 27.5. The summed E-state index contributed by atoms with van der Waals surface area (Å²) in [5.41, 5.74) is 8.86. The lowest BCUT2D eigenvalue weighted by Gasteiger charge is -2.35. The molecule has 1 saturated heterocycles. The third-order valence-electron chi connectivity index (χ3n) is 4.05. The van der Waals surface area contributed by atoms with E-state index in [-0.39, 0.29) is 13.1 Å². The first kappa shape index (κ1) is 17.2. The summed E-state index contributed by atoms with van der Waals surface area (Å²) in [6.07, 6.45) is 0. The van der Waals surface area contributed by atoms with Crippen molar-refractivity contribution in [2.45, 2.75) is 17.4 Å². The molecule has 0 aliphatic carbocycles. The van der Waals surface area contributed by atoms with E-state index in [9.17, 15) is 13.6 Å². The van der Waals surface area contributed by atoms with E-state index in [0.29, 0.717) is 42.2 Å². The molecular weight excluding hydrogens is 437 g/mol. The van der Waals surface area contributed by atoms with Crippen LogP contribution in [-0.2, 0) is 11.3 Å². The summed E-state index contributed by atoms with van der Waals surface area (Å²) in [5, 5.41) is 7.42. The van der Waals surface area contributed by atoms with Gasteiger partial charge >= 0.3 is 9.84 Å². The maximum Gasteiger partial charge on any atom is 0.372 e. The number of alkyl halides is 3. The average Bonchev–Trinajstić information content (AvgIpc) is 2.99. The lowest BCUT2D eigenvalue weighted by molar-refractivity contribution is -0.146. The highest BCUT2D eigenvalue weighted by molar-refractivity contribution is 14.1. The molecule has 0 saturated carbocycles. The Balaban J connectivity index is 1.70. The van der Waals surface area contributed by atoms with Crippen molar-refractivity contribution in [2.75, 3.05) is 31.9 Å². The zero-order valence-electron chi connectivity index (χ0n) is 12.8. The Morgan fingerprint density at radius 1 is 1.33 bits per heavy atom. The smallest absolute Gasteiger partial charge is 0.372 e. The minimum atomic E-state index is -3.37. The van der Waals surface area contributed by atoms with Gasteiger partial charge in [0.2, 0.25) is 5.65 Å². The van der Waals surface area contributed by atoms with Gasteiger partial charge in [0, 0.05) is 66.6 Å². The van der Waals surface area contributed by atoms with Crippen LogP contribution in [0.15, 0.2) is 4.63 Å². The van der Waals surface area contributed by atoms with E-state index in [0.717, 1.165) is 28.2 Å². The Morgan fingerprint density at radius 3 is 2.62 bits per heavy atom. The molecule has 0 unspecified atom stereocenters. The van der Waals surface area contributed by atoms with Gasteiger partial charge in [0.25, 0.3) is 0 Å². The van der Waals surface area contributed by atoms with Gasteiger partial charge in [-0.3, -0.25) is 9.69 Å². The molecule has 1 aliphatic rings. The molecule has 0 spiro atoms. The van der Waals surface area contributed by atoms with Gasteiger partial charge in [-0.15, -0.1) is 0 Å². The number of rotatable bonds is 3. The Morgan fingerprint density at radius 2 is 2.00 bits per heavy atom. The Kier molecular flexibility index (Phi) is 4.55. The third kappa shape index (κ3) is 3.27. The number of carbonyl (C=O) groups is 1. The van der Waals surface area contributed by atoms with E-state index in [1.807, 2.05) is 11.8 Å². The number of piperazine rings is 1. The van der Waals surface area contributed by atoms with Gasteiger partial charge in [-0.1, -0.05) is 0 Å². The highest BCUT2D eigenvalue weighted by Crippen LogP contribution is 2.27. The number of carbonyl (C=O) groups excluding carboxylic acids is 1. The highest BCUT2D eigenvalue weighted by atomic mass is 127. The summed E-state index contributed by atoms with van der Waals surface area (Å²) in [6, 6.07) is 0. The predicted molar refractivity (Wildman–Crippen MR) is 89.6 cm³/mol. The third-order valence-corrected chi connectivity index (χ3v) is 4.51. The molecule has 0 bridgehead atoms. The Hall–Kier alpha value is -1.63. The van der Waals surface area contributed by atoms with Crippen LogP contribution in [0.3, 0.4) is 0 Å². The fraction of sp³-hybridized carbons (Fsp3) is 0.538. The molecule has 11 heteroatoms. The van der Waals surface area contributed by atoms with Crippen LogP contribution in [0.25, 0.3) is 11.2 Å². The number of halogens is 3. The van der Waals surface area contributed by atoms with Crippen LogP contribution in [0.5, 0.6) is 0 Å². The molecule has 1 aliphatic heterocycles. The summed E-state index contributed by atoms with van der Waals surface area (Å²) in [5.74, 6) is -1.14. The number of aryl methyl sites for hydroxylation is 1. The molecule has 0 aromatic carbocycles. The van der Waals surface area contributed by atoms with Crippen LogP contribution >= 0.6 is 22.6 Å². The number of nitrogens with two attached hydrogens (primary N) is 1. The number of hydrogen-bond acceptors (Lipinski definition) is 7. The lowest BCUT2D eigenvalue weighted by Crippen LogP contribution is -2.51. The summed E-state index contributed by atoms with van der Waals surface area (Å²) in [4.78, 5) is 19.1. The number of amides is 1. The average molecular weight is 452 g/mol. The summed E-state index contributed by atoms with van der Waals surface area (Å²) >= 11 is 0.860. The predicted octanol–water partition coefficient (Wildman–Crippen LogP) is 1.18. The molecule has 24 heavy (non-hydrogen) atoms. The molecule has 2 N–H and O–H groups in total. The fourth-order valence-corrected chi connectivity index (χ4v) is 3.04. The van der Waals surface area contributed by atoms with Gasteiger partial charge in [0.15, 0.2) is 5.52 Å². The number of pyridine rings is 1. The van der Waals surface area contributed by atoms with E-state index in [2.05, 4.69) is 19.9 Å². The maximum atomic E-state index is 13.1. The van der Waals surface area contributed by atoms with E-state index in [1.165, 1.54) is 4.90 Å². The van der Waals surface area contributed by atoms with Crippen molar-refractivity contribution in [3.05, 3.63) is 11.3 Å². The van der Waals surface area contributed by atoms with E-state index < -0.39 is 9.84 Å². The van der Waals surface area contributed by atoms with Crippen molar-refractivity contribution in [1.29, 1.82) is 0 Å². The second-order valence-electron chi connectivity index (χ2n) is 5.59. The monoisotopic (exact) mass is 452 g/mol. The van der Waals surface area contributed by atoms with Crippen LogP contribution in [-0.4, -0.2) is 61.1 Å². The van der Waals surface area contributed by atoms with E-state index in [4.69, 9.17) is 5.73 Å². The molecule has 1 fully saturated rings. The molecule has 2 aromatic heterocycles. The van der Waals surface area contributed by atoms with Crippen LogP contribution in [0, 0.1) is 6.92 Å². The van der Waals surface area contributed by atoms with Crippen LogP contribution < -0.4 is 5.73 Å². The number of anilines is 1. The van der Waals surface area contributed by atoms with Crippen LogP contribution in [0.1, 0.15) is 11.3 Å². The van der Waals surface area contributed by atoms with Gasteiger partial charge in [-0.2, -0.15) is 8.78 Å². The molecule has 3 heterocycles. The van der Waals surface area contributed by atoms with Gasteiger partial charge in [0.1, 0.15) is 0 Å². The normalized spacial score (nSPS) is 16.8. The van der Waals surface area contributed by atoms with Crippen LogP contribution in [0.2, 0.25) is 0 Å². The number of nitrogens with zero attached hydrogens (tertiary/aromatic N) is 5. The van der Waals surface area contributed by atoms with Gasteiger partial charge in [-0.05, 0) is 17.2 Å². The van der Waals surface area contributed by atoms with Gasteiger partial charge in [-0.25, -0.2) is 9.61 Å². The number of nitrogen functional groups attached to an aromatic ring is 1. The molecule has 8 nitrogen and oxygen atoms in total. The quantitative estimate of drug-likeness (QED) is 0.552. The van der Waals surface area contributed by atoms with Crippen molar-refractivity contribution >= 4 is 45.3 Å². The first-order valence-electron chi connectivity index (χ1n) is 7.23. The van der Waals surface area contributed by atoms with Crippen molar-refractivity contribution in [2.24, 2.45) is 0 Å². The minimum absolute atomic E-state index is 0.248. The van der Waals surface area contributed by atoms with Crippen molar-refractivity contribution in [3.63, 3.8) is 0 Å². The number of fused-ring (bicyclic) bond motifs is 1. The summed E-state index contributed by atoms with van der Waals surface area (Å²) in [7, 11) is 0. The van der Waals surface area contributed by atoms with E-state index >= 15 is 0 Å². The number of hydrogen-bond donors (Lipinski definition) is 1. The molecule has 1 amide bonds. The molecule has 3 rings (SSSR count). The lowest BCUT2D eigenvalue weighted by atomic mass is 10.1. The van der Waals surface area contributed by atoms with Gasteiger partial charge < -0.3 is 10.6 Å². The zero-order chi connectivity index (χ0) is 17.5. The van der Waals surface area contributed by atoms with Crippen LogP contribution in [0.4, 0.5) is 14.5 Å². The minimum Gasteiger partial charge on any atom is -0.396 e. The first-order valence-corrected chi connectivity index (χ1v) is 8.31. The van der Waals surface area contributed by atoms with Crippen molar-refractivity contribution in [1.82, 2.24) is 25.1 Å². The van der Waals surface area contributed by atoms with Gasteiger partial charge in [0.05, 0.1) is 5.69 Å². The standard InChI is InChI=1S/C13H15F2IN6O2/c1-7-8(9(17)10-11(18-7)20-24-19-10)6-21-2-4-22(5-3-21)12(23)13(14,15)16/h2-6,17H2,1H3. The molecule has 130 valence electrons. The fourth-order valence-electron chi connectivity index (χ4n) is 2.70. The summed E-state index contributed by atoms with van der Waals surface area (Å²) in [6.45, 7) is 3.76. The first-order chi connectivity index (χ1) is 11.3. The Bertz CT molecular complexity index is 770. The molecule has 0 radical (unpaired) electrons. The van der Waals surface area contributed by atoms with E-state index in [1.54, 1.807) is 0 Å². The SMILES string of the molecule is Cc1nc2nonc2c(N)c1CN1CCN(C(=O)C(F)(F)I)CC1. The molecule has 0 atom stereocenters.